The van der Waals surface area contributed by atoms with Crippen LogP contribution in [0.15, 0.2) is 45.9 Å². The number of nitrogens with one attached hydrogen (secondary N) is 1. The lowest BCUT2D eigenvalue weighted by Crippen LogP contribution is -2.31. The highest BCUT2D eigenvalue weighted by Gasteiger charge is 2.32. The molecule has 1 unspecified atom stereocenters. The van der Waals surface area contributed by atoms with Crippen molar-refractivity contribution in [2.45, 2.75) is 24.8 Å². The predicted molar refractivity (Wildman–Crippen MR) is 95.6 cm³/mol. The minimum absolute atomic E-state index is 0.00109. The molecule has 1 aromatic carbocycles. The Morgan fingerprint density at radius 1 is 1.33 bits per heavy atom. The lowest BCUT2D eigenvalue weighted by atomic mass is 10.1. The molecule has 0 aliphatic carbocycles. The van der Waals surface area contributed by atoms with Crippen LogP contribution in [-0.4, -0.2) is 43.4 Å². The number of carboxylic acids is 1. The zero-order valence-electron chi connectivity index (χ0n) is 14.7. The first-order valence-electron chi connectivity index (χ1n) is 8.42. The van der Waals surface area contributed by atoms with Gasteiger partial charge in [0.1, 0.15) is 5.76 Å². The molecule has 2 aromatic rings. The van der Waals surface area contributed by atoms with Gasteiger partial charge in [0.25, 0.3) is 5.91 Å². The fraction of sp³-hybridized carbons (Fsp3) is 0.333. The molecular formula is C18H20N2O6S. The number of hydrogen-bond acceptors (Lipinski definition) is 5. The summed E-state index contributed by atoms with van der Waals surface area (Å²) in [6, 6.07) is 7.64. The number of sulfonamides is 1. The van der Waals surface area contributed by atoms with Gasteiger partial charge >= 0.3 is 5.97 Å². The van der Waals surface area contributed by atoms with E-state index in [1.165, 1.54) is 23.3 Å². The Balaban J connectivity index is 1.79. The molecule has 1 fully saturated rings. The van der Waals surface area contributed by atoms with Gasteiger partial charge in [0.2, 0.25) is 10.0 Å². The highest BCUT2D eigenvalue weighted by molar-refractivity contribution is 7.89. The Kier molecular flexibility index (Phi) is 5.33. The number of benzene rings is 1. The second-order valence-corrected chi connectivity index (χ2v) is 8.22. The molecule has 3 rings (SSSR count). The molecule has 1 atom stereocenters. The van der Waals surface area contributed by atoms with Crippen LogP contribution < -0.4 is 4.72 Å². The van der Waals surface area contributed by atoms with E-state index >= 15 is 0 Å². The molecule has 2 heterocycles. The molecule has 27 heavy (non-hydrogen) atoms. The van der Waals surface area contributed by atoms with E-state index in [1.807, 2.05) is 0 Å². The number of aliphatic carboxylic acids is 1. The summed E-state index contributed by atoms with van der Waals surface area (Å²) in [6.07, 6.45) is 1.84. The van der Waals surface area contributed by atoms with Crippen molar-refractivity contribution in [3.63, 3.8) is 0 Å². The van der Waals surface area contributed by atoms with E-state index in [0.29, 0.717) is 24.3 Å². The van der Waals surface area contributed by atoms with Gasteiger partial charge in [0.05, 0.1) is 23.6 Å². The van der Waals surface area contributed by atoms with Crippen molar-refractivity contribution in [2.24, 2.45) is 5.92 Å². The molecule has 2 N–H and O–H groups in total. The molecule has 1 aliphatic heterocycles. The van der Waals surface area contributed by atoms with Gasteiger partial charge < -0.3 is 14.4 Å². The maximum Gasteiger partial charge on any atom is 0.308 e. The molecular weight excluding hydrogens is 372 g/mol. The van der Waals surface area contributed by atoms with E-state index in [0.717, 1.165) is 0 Å². The van der Waals surface area contributed by atoms with E-state index in [2.05, 4.69) is 4.72 Å². The number of carboxylic acid groups (broad SMARTS) is 1. The molecule has 1 aliphatic rings. The molecule has 1 aromatic heterocycles. The summed E-state index contributed by atoms with van der Waals surface area (Å²) in [5, 5.41) is 9.09. The molecule has 0 spiro atoms. The second-order valence-electron chi connectivity index (χ2n) is 6.46. The number of hydrogen-bond donors (Lipinski definition) is 2. The number of rotatable bonds is 6. The normalized spacial score (nSPS) is 17.2. The first-order chi connectivity index (χ1) is 12.8. The Bertz CT molecular complexity index is 952. The van der Waals surface area contributed by atoms with E-state index < -0.39 is 21.9 Å². The van der Waals surface area contributed by atoms with Crippen molar-refractivity contribution in [3.05, 3.63) is 53.5 Å². The Hall–Kier alpha value is -2.65. The molecule has 0 radical (unpaired) electrons. The lowest BCUT2D eigenvalue weighted by molar-refractivity contribution is -0.141. The number of carbonyl (C=O) groups excluding carboxylic acids is 1. The Morgan fingerprint density at radius 2 is 2.11 bits per heavy atom. The average molecular weight is 392 g/mol. The van der Waals surface area contributed by atoms with Crippen LogP contribution >= 0.6 is 0 Å². The predicted octanol–water partition coefficient (Wildman–Crippen LogP) is 1.61. The van der Waals surface area contributed by atoms with Crippen LogP contribution in [-0.2, 0) is 21.4 Å². The molecule has 1 amide bonds. The van der Waals surface area contributed by atoms with Crippen LogP contribution in [0, 0.1) is 12.8 Å². The number of furan rings is 1. The summed E-state index contributed by atoms with van der Waals surface area (Å²) in [7, 11) is -3.83. The Labute approximate surface area is 156 Å². The maximum atomic E-state index is 12.8. The molecule has 144 valence electrons. The van der Waals surface area contributed by atoms with E-state index in [1.54, 1.807) is 25.1 Å². The number of amides is 1. The zero-order valence-corrected chi connectivity index (χ0v) is 15.5. The van der Waals surface area contributed by atoms with Crippen molar-refractivity contribution >= 4 is 21.9 Å². The molecule has 9 heteroatoms. The Morgan fingerprint density at radius 3 is 2.74 bits per heavy atom. The first kappa shape index (κ1) is 19.1. The van der Waals surface area contributed by atoms with Crippen molar-refractivity contribution in [1.29, 1.82) is 0 Å². The summed E-state index contributed by atoms with van der Waals surface area (Å²) >= 11 is 0. The quantitative estimate of drug-likeness (QED) is 0.771. The third-order valence-corrected chi connectivity index (χ3v) is 5.99. The van der Waals surface area contributed by atoms with Crippen LogP contribution in [0.3, 0.4) is 0 Å². The third kappa shape index (κ3) is 4.20. The summed E-state index contributed by atoms with van der Waals surface area (Å²) < 4.78 is 32.6. The highest BCUT2D eigenvalue weighted by Crippen LogP contribution is 2.22. The molecule has 8 nitrogen and oxygen atoms in total. The van der Waals surface area contributed by atoms with Gasteiger partial charge in [-0.1, -0.05) is 6.07 Å². The minimum Gasteiger partial charge on any atom is -0.481 e. The van der Waals surface area contributed by atoms with Gasteiger partial charge in [-0.2, -0.15) is 0 Å². The SMILES string of the molecule is Cc1ccc(S(=O)(=O)NCc2ccco2)cc1C(=O)N1CCC(C(=O)O)C1. The smallest absolute Gasteiger partial charge is 0.308 e. The summed E-state index contributed by atoms with van der Waals surface area (Å²) in [6.45, 7) is 2.17. The zero-order chi connectivity index (χ0) is 19.6. The van der Waals surface area contributed by atoms with Crippen molar-refractivity contribution in [3.8, 4) is 0 Å². The van der Waals surface area contributed by atoms with Crippen LogP contribution in [0.5, 0.6) is 0 Å². The van der Waals surface area contributed by atoms with Crippen molar-refractivity contribution in [2.75, 3.05) is 13.1 Å². The van der Waals surface area contributed by atoms with Crippen molar-refractivity contribution < 1.29 is 27.5 Å². The van der Waals surface area contributed by atoms with Crippen LogP contribution in [0.25, 0.3) is 0 Å². The molecule has 0 bridgehead atoms. The van der Waals surface area contributed by atoms with Crippen molar-refractivity contribution in [1.82, 2.24) is 9.62 Å². The standard InChI is InChI=1S/C18H20N2O6S/c1-12-4-5-15(27(24,25)19-10-14-3-2-8-26-14)9-16(12)17(21)20-7-6-13(11-20)18(22)23/h2-5,8-9,13,19H,6-7,10-11H2,1H3,(H,22,23). The number of aryl methyl sites for hydroxylation is 1. The van der Waals surface area contributed by atoms with Crippen LogP contribution in [0.2, 0.25) is 0 Å². The maximum absolute atomic E-state index is 12.8. The fourth-order valence-corrected chi connectivity index (χ4v) is 4.00. The monoisotopic (exact) mass is 392 g/mol. The van der Waals surface area contributed by atoms with Gasteiger partial charge in [0, 0.05) is 18.7 Å². The number of likely N-dealkylation sites (tertiary alicyclic amines) is 1. The number of nitrogens with zero attached hydrogens (tertiary/aromatic N) is 1. The van der Waals surface area contributed by atoms with Gasteiger partial charge in [0.15, 0.2) is 0 Å². The topological polar surface area (TPSA) is 117 Å². The van der Waals surface area contributed by atoms with Crippen LogP contribution in [0.4, 0.5) is 0 Å². The summed E-state index contributed by atoms with van der Waals surface area (Å²) in [5.41, 5.74) is 0.880. The van der Waals surface area contributed by atoms with Gasteiger partial charge in [-0.05, 0) is 43.2 Å². The summed E-state index contributed by atoms with van der Waals surface area (Å²) in [5.74, 6) is -1.41. The van der Waals surface area contributed by atoms with E-state index in [4.69, 9.17) is 9.52 Å². The molecule has 1 saturated heterocycles. The lowest BCUT2D eigenvalue weighted by Gasteiger charge is -2.18. The minimum atomic E-state index is -3.83. The van der Waals surface area contributed by atoms with Gasteiger partial charge in [-0.3, -0.25) is 9.59 Å². The summed E-state index contributed by atoms with van der Waals surface area (Å²) in [4.78, 5) is 25.3. The van der Waals surface area contributed by atoms with E-state index in [-0.39, 0.29) is 29.5 Å². The van der Waals surface area contributed by atoms with E-state index in [9.17, 15) is 18.0 Å². The number of carbonyl (C=O) groups is 2. The highest BCUT2D eigenvalue weighted by atomic mass is 32.2. The first-order valence-corrected chi connectivity index (χ1v) is 9.91. The molecule has 0 saturated carbocycles. The third-order valence-electron chi connectivity index (χ3n) is 4.59. The van der Waals surface area contributed by atoms with Gasteiger partial charge in [-0.25, -0.2) is 13.1 Å². The average Bonchev–Trinajstić information content (AvgIpc) is 3.31. The van der Waals surface area contributed by atoms with Gasteiger partial charge in [-0.15, -0.1) is 0 Å². The fourth-order valence-electron chi connectivity index (χ4n) is 2.98. The van der Waals surface area contributed by atoms with Crippen LogP contribution in [0.1, 0.15) is 28.1 Å². The largest absolute Gasteiger partial charge is 0.481 e. The second kappa shape index (κ2) is 7.53.